The standard InChI is InChI=1S/C11H7ClF3NO/c1-17-4-5-2-7(12)6-3-8(13)9(14)10(15)11(6)16-5/h2-3H,4H2,1H3. The van der Waals surface area contributed by atoms with Gasteiger partial charge in [0.2, 0.25) is 0 Å². The van der Waals surface area contributed by atoms with Gasteiger partial charge in [0, 0.05) is 12.5 Å². The SMILES string of the molecule is COCc1cc(Cl)c2cc(F)c(F)c(F)c2n1. The molecule has 17 heavy (non-hydrogen) atoms. The lowest BCUT2D eigenvalue weighted by molar-refractivity contribution is 0.182. The molecule has 0 bridgehead atoms. The first-order chi connectivity index (χ1) is 8.04. The lowest BCUT2D eigenvalue weighted by atomic mass is 10.2. The van der Waals surface area contributed by atoms with Crippen LogP contribution in [0.5, 0.6) is 0 Å². The Morgan fingerprint density at radius 1 is 1.24 bits per heavy atom. The van der Waals surface area contributed by atoms with Crippen molar-refractivity contribution in [2.45, 2.75) is 6.61 Å². The molecule has 0 spiro atoms. The van der Waals surface area contributed by atoms with E-state index in [2.05, 4.69) is 4.98 Å². The molecule has 1 aromatic carbocycles. The molecule has 2 aromatic rings. The van der Waals surface area contributed by atoms with Crippen molar-refractivity contribution in [3.05, 3.63) is 40.3 Å². The molecule has 0 unspecified atom stereocenters. The van der Waals surface area contributed by atoms with Gasteiger partial charge in [0.15, 0.2) is 17.5 Å². The average molecular weight is 262 g/mol. The largest absolute Gasteiger partial charge is 0.378 e. The Labute approximate surface area is 100.0 Å². The molecule has 2 rings (SSSR count). The van der Waals surface area contributed by atoms with E-state index >= 15 is 0 Å². The van der Waals surface area contributed by atoms with E-state index in [1.54, 1.807) is 0 Å². The number of benzene rings is 1. The Bertz CT molecular complexity index is 589. The number of halogens is 4. The van der Waals surface area contributed by atoms with E-state index in [0.717, 1.165) is 6.07 Å². The third-order valence-corrected chi connectivity index (χ3v) is 2.55. The van der Waals surface area contributed by atoms with Crippen molar-refractivity contribution in [1.82, 2.24) is 4.98 Å². The van der Waals surface area contributed by atoms with Crippen molar-refractivity contribution in [3.8, 4) is 0 Å². The zero-order valence-corrected chi connectivity index (χ0v) is 9.49. The van der Waals surface area contributed by atoms with Gasteiger partial charge in [-0.1, -0.05) is 11.6 Å². The van der Waals surface area contributed by atoms with Crippen molar-refractivity contribution < 1.29 is 17.9 Å². The molecule has 6 heteroatoms. The fraction of sp³-hybridized carbons (Fsp3) is 0.182. The molecule has 1 heterocycles. The molecule has 0 aliphatic heterocycles. The number of aromatic nitrogens is 1. The summed E-state index contributed by atoms with van der Waals surface area (Å²) in [5, 5.41) is 0.128. The first kappa shape index (κ1) is 12.1. The number of rotatable bonds is 2. The minimum Gasteiger partial charge on any atom is -0.378 e. The van der Waals surface area contributed by atoms with Crippen molar-refractivity contribution in [1.29, 1.82) is 0 Å². The zero-order chi connectivity index (χ0) is 12.6. The van der Waals surface area contributed by atoms with E-state index in [1.165, 1.54) is 13.2 Å². The molecule has 90 valence electrons. The van der Waals surface area contributed by atoms with Crippen LogP contribution < -0.4 is 0 Å². The van der Waals surface area contributed by atoms with Crippen LogP contribution in [0.4, 0.5) is 13.2 Å². The normalized spacial score (nSPS) is 11.1. The van der Waals surface area contributed by atoms with Crippen LogP contribution in [0.3, 0.4) is 0 Å². The highest BCUT2D eigenvalue weighted by atomic mass is 35.5. The van der Waals surface area contributed by atoms with Crippen molar-refractivity contribution in [2.75, 3.05) is 7.11 Å². The molecule has 0 aliphatic carbocycles. The van der Waals surface area contributed by atoms with Crippen LogP contribution in [0.1, 0.15) is 5.69 Å². The Morgan fingerprint density at radius 2 is 1.94 bits per heavy atom. The molecule has 0 saturated heterocycles. The maximum Gasteiger partial charge on any atom is 0.196 e. The van der Waals surface area contributed by atoms with Crippen molar-refractivity contribution >= 4 is 22.5 Å². The van der Waals surface area contributed by atoms with Gasteiger partial charge in [-0.3, -0.25) is 0 Å². The van der Waals surface area contributed by atoms with Crippen LogP contribution in [-0.4, -0.2) is 12.1 Å². The lowest BCUT2D eigenvalue weighted by Crippen LogP contribution is -1.99. The van der Waals surface area contributed by atoms with Crippen molar-refractivity contribution in [2.24, 2.45) is 0 Å². The Hall–Kier alpha value is -1.33. The van der Waals surface area contributed by atoms with Gasteiger partial charge in [-0.05, 0) is 12.1 Å². The number of methoxy groups -OCH3 is 1. The number of fused-ring (bicyclic) bond motifs is 1. The van der Waals surface area contributed by atoms with Gasteiger partial charge in [0.1, 0.15) is 5.52 Å². The molecule has 0 N–H and O–H groups in total. The summed E-state index contributed by atoms with van der Waals surface area (Å²) in [6.45, 7) is 0.105. The van der Waals surface area contributed by atoms with Gasteiger partial charge in [-0.15, -0.1) is 0 Å². The van der Waals surface area contributed by atoms with Gasteiger partial charge >= 0.3 is 0 Å². The Balaban J connectivity index is 2.78. The monoisotopic (exact) mass is 261 g/mol. The molecule has 2 nitrogen and oxygen atoms in total. The fourth-order valence-corrected chi connectivity index (χ4v) is 1.77. The molecule has 0 saturated carbocycles. The third-order valence-electron chi connectivity index (χ3n) is 2.23. The number of pyridine rings is 1. The molecule has 1 aromatic heterocycles. The van der Waals surface area contributed by atoms with E-state index < -0.39 is 17.5 Å². The van der Waals surface area contributed by atoms with E-state index in [0.29, 0.717) is 5.69 Å². The molecular weight excluding hydrogens is 255 g/mol. The van der Waals surface area contributed by atoms with Gasteiger partial charge in [-0.25, -0.2) is 18.2 Å². The van der Waals surface area contributed by atoms with E-state index in [4.69, 9.17) is 16.3 Å². The summed E-state index contributed by atoms with van der Waals surface area (Å²) in [5.41, 5.74) is 0.0401. The highest BCUT2D eigenvalue weighted by molar-refractivity contribution is 6.35. The second-order valence-electron chi connectivity index (χ2n) is 3.41. The summed E-state index contributed by atoms with van der Waals surface area (Å²) in [6, 6.07) is 2.24. The predicted molar refractivity (Wildman–Crippen MR) is 57.3 cm³/mol. The van der Waals surface area contributed by atoms with Gasteiger partial charge < -0.3 is 4.74 Å². The predicted octanol–water partition coefficient (Wildman–Crippen LogP) is 3.45. The number of hydrogen-bond acceptors (Lipinski definition) is 2. The fourth-order valence-electron chi connectivity index (χ4n) is 1.50. The first-order valence-corrected chi connectivity index (χ1v) is 5.04. The number of ether oxygens (including phenoxy) is 1. The van der Waals surface area contributed by atoms with Crippen LogP contribution in [-0.2, 0) is 11.3 Å². The summed E-state index contributed by atoms with van der Waals surface area (Å²) in [4.78, 5) is 3.84. The Morgan fingerprint density at radius 3 is 2.59 bits per heavy atom. The zero-order valence-electron chi connectivity index (χ0n) is 8.73. The molecule has 0 fully saturated rings. The second-order valence-corrected chi connectivity index (χ2v) is 3.82. The van der Waals surface area contributed by atoms with Gasteiger partial charge in [0.25, 0.3) is 0 Å². The molecule has 0 atom stereocenters. The number of hydrogen-bond donors (Lipinski definition) is 0. The van der Waals surface area contributed by atoms with Crippen LogP contribution in [0.15, 0.2) is 12.1 Å². The van der Waals surface area contributed by atoms with Crippen LogP contribution in [0.2, 0.25) is 5.02 Å². The minimum absolute atomic E-state index is 0.0305. The van der Waals surface area contributed by atoms with E-state index in [1.807, 2.05) is 0 Å². The topological polar surface area (TPSA) is 22.1 Å². The summed E-state index contributed by atoms with van der Waals surface area (Å²) >= 11 is 5.84. The minimum atomic E-state index is -1.56. The average Bonchev–Trinajstić information content (AvgIpc) is 2.29. The van der Waals surface area contributed by atoms with E-state index in [-0.39, 0.29) is 22.5 Å². The molecule has 0 aliphatic rings. The smallest absolute Gasteiger partial charge is 0.196 e. The Kier molecular flexibility index (Phi) is 3.22. The van der Waals surface area contributed by atoms with Gasteiger partial charge in [-0.2, -0.15) is 0 Å². The summed E-state index contributed by atoms with van der Waals surface area (Å²) < 4.78 is 44.4. The maximum absolute atomic E-state index is 13.5. The van der Waals surface area contributed by atoms with Crippen LogP contribution in [0.25, 0.3) is 10.9 Å². The van der Waals surface area contributed by atoms with Crippen LogP contribution >= 0.6 is 11.6 Å². The lowest BCUT2D eigenvalue weighted by Gasteiger charge is -2.06. The highest BCUT2D eigenvalue weighted by Gasteiger charge is 2.17. The summed E-state index contributed by atoms with van der Waals surface area (Å²) in [7, 11) is 1.43. The quantitative estimate of drug-likeness (QED) is 0.773. The number of nitrogens with zero attached hydrogens (tertiary/aromatic N) is 1. The van der Waals surface area contributed by atoms with Crippen LogP contribution in [0, 0.1) is 17.5 Å². The maximum atomic E-state index is 13.5. The van der Waals surface area contributed by atoms with E-state index in [9.17, 15) is 13.2 Å². The second kappa shape index (κ2) is 4.50. The third kappa shape index (κ3) is 2.08. The molecule has 0 amide bonds. The summed E-state index contributed by atoms with van der Waals surface area (Å²) in [6.07, 6.45) is 0. The molecular formula is C11H7ClF3NO. The highest BCUT2D eigenvalue weighted by Crippen LogP contribution is 2.28. The summed E-state index contributed by atoms with van der Waals surface area (Å²) in [5.74, 6) is -4.20. The molecule has 0 radical (unpaired) electrons. The van der Waals surface area contributed by atoms with Gasteiger partial charge in [0.05, 0.1) is 17.3 Å². The van der Waals surface area contributed by atoms with Crippen molar-refractivity contribution in [3.63, 3.8) is 0 Å². The first-order valence-electron chi connectivity index (χ1n) is 4.66.